The number of ether oxygens (including phenoxy) is 1. The minimum atomic E-state index is -3.50. The third-order valence-corrected chi connectivity index (χ3v) is 6.94. The number of rotatable bonds is 4. The van der Waals surface area contributed by atoms with E-state index in [2.05, 4.69) is 34.1 Å². The van der Waals surface area contributed by atoms with E-state index in [1.807, 2.05) is 12.1 Å². The number of sulfonamides is 1. The van der Waals surface area contributed by atoms with E-state index in [9.17, 15) is 8.42 Å². The van der Waals surface area contributed by atoms with Crippen LogP contribution in [0.1, 0.15) is 24.4 Å². The highest BCUT2D eigenvalue weighted by atomic mass is 32.2. The summed E-state index contributed by atoms with van der Waals surface area (Å²) in [5.41, 5.74) is 1.27. The maximum absolute atomic E-state index is 12.7. The zero-order chi connectivity index (χ0) is 18.0. The highest BCUT2D eigenvalue weighted by molar-refractivity contribution is 7.89. The largest absolute Gasteiger partial charge is 0.379 e. The van der Waals surface area contributed by atoms with Gasteiger partial charge in [0.1, 0.15) is 10.7 Å². The number of hydrogen-bond acceptors (Lipinski definition) is 5. The van der Waals surface area contributed by atoms with Crippen LogP contribution in [0.2, 0.25) is 0 Å². The molecule has 0 spiro atoms. The summed E-state index contributed by atoms with van der Waals surface area (Å²) in [5, 5.41) is 0. The van der Waals surface area contributed by atoms with Crippen LogP contribution in [0.15, 0.2) is 53.6 Å². The molecule has 0 aliphatic carbocycles. The Labute approximate surface area is 154 Å². The highest BCUT2D eigenvalue weighted by Crippen LogP contribution is 2.35. The lowest BCUT2D eigenvalue weighted by molar-refractivity contribution is 0.0730. The molecule has 0 saturated carbocycles. The molecule has 138 valence electrons. The van der Waals surface area contributed by atoms with E-state index in [1.54, 1.807) is 6.07 Å². The van der Waals surface area contributed by atoms with E-state index in [0.717, 1.165) is 25.2 Å². The Morgan fingerprint density at radius 2 is 1.77 bits per heavy atom. The third-order valence-electron chi connectivity index (χ3n) is 5.06. The van der Waals surface area contributed by atoms with Gasteiger partial charge in [0.15, 0.2) is 0 Å². The van der Waals surface area contributed by atoms with Crippen molar-refractivity contribution in [1.29, 1.82) is 0 Å². The molecule has 2 saturated heterocycles. The van der Waals surface area contributed by atoms with Crippen molar-refractivity contribution in [2.24, 2.45) is 0 Å². The third kappa shape index (κ3) is 3.34. The Balaban J connectivity index is 1.56. The van der Waals surface area contributed by atoms with E-state index in [-0.39, 0.29) is 4.90 Å². The first-order chi connectivity index (χ1) is 12.7. The maximum Gasteiger partial charge on any atom is 0.244 e. The predicted molar refractivity (Wildman–Crippen MR) is 99.6 cm³/mol. The first kappa shape index (κ1) is 17.5. The van der Waals surface area contributed by atoms with Crippen LogP contribution in [0.3, 0.4) is 0 Å². The fourth-order valence-electron chi connectivity index (χ4n) is 3.69. The Hall–Kier alpha value is -1.96. The van der Waals surface area contributed by atoms with Crippen molar-refractivity contribution < 1.29 is 13.2 Å². The molecule has 1 unspecified atom stereocenters. The molecule has 0 amide bonds. The lowest BCUT2D eigenvalue weighted by atomic mass is 10.0. The molecule has 7 heteroatoms. The number of morpholine rings is 1. The molecule has 1 aromatic heterocycles. The molecule has 2 fully saturated rings. The lowest BCUT2D eigenvalue weighted by Gasteiger charge is -2.27. The van der Waals surface area contributed by atoms with E-state index in [1.165, 1.54) is 16.1 Å². The Morgan fingerprint density at radius 1 is 1.00 bits per heavy atom. The van der Waals surface area contributed by atoms with Gasteiger partial charge in [0, 0.05) is 25.8 Å². The average molecular weight is 373 g/mol. The summed E-state index contributed by atoms with van der Waals surface area (Å²) in [4.78, 5) is 7.00. The number of aromatic nitrogens is 1. The van der Waals surface area contributed by atoms with Crippen molar-refractivity contribution in [1.82, 2.24) is 9.29 Å². The van der Waals surface area contributed by atoms with Crippen molar-refractivity contribution in [3.05, 3.63) is 54.2 Å². The summed E-state index contributed by atoms with van der Waals surface area (Å²) in [6, 6.07) is 14.2. The second kappa shape index (κ2) is 7.34. The number of anilines is 1. The first-order valence-corrected chi connectivity index (χ1v) is 10.5. The van der Waals surface area contributed by atoms with Gasteiger partial charge in [-0.15, -0.1) is 0 Å². The molecule has 2 aromatic rings. The van der Waals surface area contributed by atoms with Crippen molar-refractivity contribution in [2.45, 2.75) is 23.8 Å². The van der Waals surface area contributed by atoms with Crippen molar-refractivity contribution in [2.75, 3.05) is 37.7 Å². The minimum absolute atomic E-state index is 0.249. The summed E-state index contributed by atoms with van der Waals surface area (Å²) in [6.45, 7) is 2.61. The zero-order valence-corrected chi connectivity index (χ0v) is 15.4. The second-order valence-electron chi connectivity index (χ2n) is 6.63. The average Bonchev–Trinajstić information content (AvgIpc) is 3.19. The summed E-state index contributed by atoms with van der Waals surface area (Å²) in [7, 11) is -3.50. The zero-order valence-electron chi connectivity index (χ0n) is 14.6. The standard InChI is InChI=1S/C19H23N3O3S/c23-26(24,21-11-13-25-14-12-21)17-8-9-19(20-15-17)22-10-4-7-18(22)16-5-2-1-3-6-16/h1-3,5-6,8-9,15,18H,4,7,10-14H2. The first-order valence-electron chi connectivity index (χ1n) is 9.02. The van der Waals surface area contributed by atoms with Gasteiger partial charge in [-0.05, 0) is 30.5 Å². The topological polar surface area (TPSA) is 62.7 Å². The highest BCUT2D eigenvalue weighted by Gasteiger charge is 2.29. The van der Waals surface area contributed by atoms with Gasteiger partial charge in [-0.1, -0.05) is 30.3 Å². The normalized spacial score (nSPS) is 21.8. The summed E-state index contributed by atoms with van der Waals surface area (Å²) >= 11 is 0. The van der Waals surface area contributed by atoms with E-state index in [0.29, 0.717) is 32.3 Å². The van der Waals surface area contributed by atoms with Crippen LogP contribution in [-0.4, -0.2) is 50.6 Å². The van der Waals surface area contributed by atoms with Crippen LogP contribution in [0.4, 0.5) is 5.82 Å². The Kier molecular flexibility index (Phi) is 4.93. The van der Waals surface area contributed by atoms with Gasteiger partial charge in [-0.25, -0.2) is 13.4 Å². The van der Waals surface area contributed by atoms with Gasteiger partial charge in [-0.3, -0.25) is 0 Å². The van der Waals surface area contributed by atoms with Gasteiger partial charge in [0.2, 0.25) is 10.0 Å². The molecule has 4 rings (SSSR count). The number of pyridine rings is 1. The molecule has 6 nitrogen and oxygen atoms in total. The van der Waals surface area contributed by atoms with Crippen LogP contribution in [0.5, 0.6) is 0 Å². The number of hydrogen-bond donors (Lipinski definition) is 0. The van der Waals surface area contributed by atoms with Gasteiger partial charge in [-0.2, -0.15) is 4.31 Å². The molecule has 26 heavy (non-hydrogen) atoms. The van der Waals surface area contributed by atoms with Crippen LogP contribution >= 0.6 is 0 Å². The van der Waals surface area contributed by atoms with Crippen LogP contribution in [-0.2, 0) is 14.8 Å². The van der Waals surface area contributed by atoms with Crippen molar-refractivity contribution in [3.8, 4) is 0 Å². The molecular weight excluding hydrogens is 350 g/mol. The van der Waals surface area contributed by atoms with Crippen LogP contribution in [0.25, 0.3) is 0 Å². The molecule has 0 N–H and O–H groups in total. The summed E-state index contributed by atoms with van der Waals surface area (Å²) in [5.74, 6) is 0.831. The monoisotopic (exact) mass is 373 g/mol. The molecule has 1 aromatic carbocycles. The molecule has 0 bridgehead atoms. The molecule has 2 aliphatic heterocycles. The van der Waals surface area contributed by atoms with E-state index >= 15 is 0 Å². The molecule has 2 aliphatic rings. The lowest BCUT2D eigenvalue weighted by Crippen LogP contribution is -2.40. The van der Waals surface area contributed by atoms with Crippen molar-refractivity contribution >= 4 is 15.8 Å². The van der Waals surface area contributed by atoms with Gasteiger partial charge < -0.3 is 9.64 Å². The Bertz CT molecular complexity index is 834. The predicted octanol–water partition coefficient (Wildman–Crippen LogP) is 2.44. The maximum atomic E-state index is 12.7. The van der Waals surface area contributed by atoms with Crippen LogP contribution < -0.4 is 4.90 Å². The second-order valence-corrected chi connectivity index (χ2v) is 8.57. The fourth-order valence-corrected chi connectivity index (χ4v) is 5.05. The Morgan fingerprint density at radius 3 is 2.46 bits per heavy atom. The minimum Gasteiger partial charge on any atom is -0.379 e. The SMILES string of the molecule is O=S(=O)(c1ccc(N2CCCC2c2ccccc2)nc1)N1CCOCC1. The fraction of sp³-hybridized carbons (Fsp3) is 0.421. The van der Waals surface area contributed by atoms with Crippen LogP contribution in [0, 0.1) is 0 Å². The summed E-state index contributed by atoms with van der Waals surface area (Å²) < 4.78 is 32.2. The quantitative estimate of drug-likeness (QED) is 0.824. The van der Waals surface area contributed by atoms with E-state index in [4.69, 9.17) is 4.74 Å². The number of benzene rings is 1. The van der Waals surface area contributed by atoms with Crippen molar-refractivity contribution in [3.63, 3.8) is 0 Å². The van der Waals surface area contributed by atoms with Gasteiger partial charge in [0.05, 0.1) is 19.3 Å². The molecule has 3 heterocycles. The molecular formula is C19H23N3O3S. The number of nitrogens with zero attached hydrogens (tertiary/aromatic N) is 3. The molecule has 1 atom stereocenters. The smallest absolute Gasteiger partial charge is 0.244 e. The van der Waals surface area contributed by atoms with Gasteiger partial charge >= 0.3 is 0 Å². The van der Waals surface area contributed by atoms with E-state index < -0.39 is 10.0 Å². The molecule has 0 radical (unpaired) electrons. The summed E-state index contributed by atoms with van der Waals surface area (Å²) in [6.07, 6.45) is 3.68. The van der Waals surface area contributed by atoms with Gasteiger partial charge in [0.25, 0.3) is 0 Å².